The maximum atomic E-state index is 12.5. The molecule has 1 N–H and O–H groups in total. The highest BCUT2D eigenvalue weighted by Crippen LogP contribution is 2.28. The summed E-state index contributed by atoms with van der Waals surface area (Å²) >= 11 is 1.56. The minimum Gasteiger partial charge on any atom is -0.497 e. The number of aromatic nitrogens is 1. The highest BCUT2D eigenvalue weighted by Gasteiger charge is 2.35. The number of anilines is 1. The van der Waals surface area contributed by atoms with E-state index in [1.165, 1.54) is 0 Å². The molecular weight excluding hydrogens is 378 g/mol. The number of carbonyl (C=O) groups excluding carboxylic acids is 2. The topological polar surface area (TPSA) is 84.7 Å². The summed E-state index contributed by atoms with van der Waals surface area (Å²) in [6.07, 6.45) is 0.183. The van der Waals surface area contributed by atoms with Gasteiger partial charge in [0.05, 0.1) is 24.4 Å². The molecule has 8 heteroatoms. The lowest BCUT2D eigenvalue weighted by atomic mass is 10.1. The number of nitrogens with one attached hydrogen (secondary N) is 1. The molecule has 0 saturated carbocycles. The summed E-state index contributed by atoms with van der Waals surface area (Å²) in [6, 6.07) is 13.0. The van der Waals surface area contributed by atoms with Crippen LogP contribution in [0.1, 0.15) is 12.1 Å². The molecule has 2 amide bonds. The van der Waals surface area contributed by atoms with Crippen LogP contribution in [0.25, 0.3) is 10.6 Å². The lowest BCUT2D eigenvalue weighted by Gasteiger charge is -2.17. The van der Waals surface area contributed by atoms with Gasteiger partial charge in [0.15, 0.2) is 5.76 Å². The quantitative estimate of drug-likeness (QED) is 0.691. The van der Waals surface area contributed by atoms with Gasteiger partial charge in [-0.3, -0.25) is 9.59 Å². The third-order valence-electron chi connectivity index (χ3n) is 4.63. The van der Waals surface area contributed by atoms with Crippen molar-refractivity contribution in [1.82, 2.24) is 10.5 Å². The molecule has 1 aliphatic rings. The summed E-state index contributed by atoms with van der Waals surface area (Å²) in [5, 5.41) is 8.81. The van der Waals surface area contributed by atoms with E-state index in [-0.39, 0.29) is 24.8 Å². The predicted molar refractivity (Wildman–Crippen MR) is 105 cm³/mol. The van der Waals surface area contributed by atoms with Crippen LogP contribution < -0.4 is 15.0 Å². The summed E-state index contributed by atoms with van der Waals surface area (Å²) in [5.74, 6) is 0.710. The van der Waals surface area contributed by atoms with Gasteiger partial charge in [0.25, 0.3) is 0 Å². The molecule has 0 spiro atoms. The molecule has 28 heavy (non-hydrogen) atoms. The molecular formula is C20H19N3O4S. The Hall–Kier alpha value is -3.13. The van der Waals surface area contributed by atoms with Gasteiger partial charge >= 0.3 is 0 Å². The Labute approximate surface area is 165 Å². The van der Waals surface area contributed by atoms with Gasteiger partial charge in [0, 0.05) is 30.8 Å². The molecule has 0 aliphatic carbocycles. The minimum absolute atomic E-state index is 0.0742. The van der Waals surface area contributed by atoms with Crippen LogP contribution in [0.5, 0.6) is 5.75 Å². The molecule has 144 valence electrons. The van der Waals surface area contributed by atoms with Gasteiger partial charge in [0.2, 0.25) is 11.8 Å². The summed E-state index contributed by atoms with van der Waals surface area (Å²) < 4.78 is 10.5. The second-order valence-electron chi connectivity index (χ2n) is 6.48. The van der Waals surface area contributed by atoms with Crippen LogP contribution in [0.15, 0.2) is 52.4 Å². The fraction of sp³-hybridized carbons (Fsp3) is 0.250. The summed E-state index contributed by atoms with van der Waals surface area (Å²) in [6.45, 7) is 0.606. The van der Waals surface area contributed by atoms with Gasteiger partial charge in [-0.25, -0.2) is 0 Å². The average molecular weight is 397 g/mol. The zero-order valence-corrected chi connectivity index (χ0v) is 16.1. The Kier molecular flexibility index (Phi) is 5.12. The van der Waals surface area contributed by atoms with Crippen molar-refractivity contribution in [3.05, 3.63) is 53.5 Å². The molecule has 0 bridgehead atoms. The first-order valence-electron chi connectivity index (χ1n) is 8.85. The Morgan fingerprint density at radius 1 is 1.36 bits per heavy atom. The van der Waals surface area contributed by atoms with Gasteiger partial charge < -0.3 is 19.5 Å². The number of benzene rings is 1. The Morgan fingerprint density at radius 2 is 2.25 bits per heavy atom. The van der Waals surface area contributed by atoms with Crippen LogP contribution in [0.3, 0.4) is 0 Å². The zero-order valence-electron chi connectivity index (χ0n) is 15.3. The normalized spacial score (nSPS) is 16.4. The lowest BCUT2D eigenvalue weighted by Crippen LogP contribution is -2.32. The van der Waals surface area contributed by atoms with Crippen molar-refractivity contribution >= 4 is 28.8 Å². The molecule has 1 aliphatic heterocycles. The summed E-state index contributed by atoms with van der Waals surface area (Å²) in [4.78, 5) is 27.5. The number of thiophene rings is 1. The van der Waals surface area contributed by atoms with E-state index in [0.29, 0.717) is 23.7 Å². The van der Waals surface area contributed by atoms with Crippen molar-refractivity contribution < 1.29 is 18.8 Å². The fourth-order valence-corrected chi connectivity index (χ4v) is 3.84. The Balaban J connectivity index is 1.36. The largest absolute Gasteiger partial charge is 0.497 e. The number of methoxy groups -OCH3 is 1. The van der Waals surface area contributed by atoms with E-state index in [2.05, 4.69) is 10.5 Å². The summed E-state index contributed by atoms with van der Waals surface area (Å²) in [5.41, 5.74) is 1.38. The standard InChI is InChI=1S/C20H19N3O4S/c1-26-16-5-2-4-15(10-16)23-12-13(8-19(23)24)20(25)21-11-14-9-17(27-22-14)18-6-3-7-28-18/h2-7,9-10,13H,8,11-12H2,1H3,(H,21,25)/t13-/m0/s1. The van der Waals surface area contributed by atoms with Crippen LogP contribution in [0.4, 0.5) is 5.69 Å². The van der Waals surface area contributed by atoms with E-state index >= 15 is 0 Å². The fourth-order valence-electron chi connectivity index (χ4n) is 3.16. The SMILES string of the molecule is COc1cccc(N2C[C@@H](C(=O)NCc3cc(-c4cccs4)on3)CC2=O)c1. The third kappa shape index (κ3) is 3.77. The number of nitrogens with zero attached hydrogens (tertiary/aromatic N) is 2. The number of hydrogen-bond donors (Lipinski definition) is 1. The van der Waals surface area contributed by atoms with Gasteiger partial charge in [0.1, 0.15) is 11.4 Å². The second kappa shape index (κ2) is 7.85. The number of carbonyl (C=O) groups is 2. The number of hydrogen-bond acceptors (Lipinski definition) is 6. The molecule has 1 fully saturated rings. The van der Waals surface area contributed by atoms with Crippen molar-refractivity contribution in [2.45, 2.75) is 13.0 Å². The van der Waals surface area contributed by atoms with Crippen molar-refractivity contribution in [2.24, 2.45) is 5.92 Å². The zero-order chi connectivity index (χ0) is 19.5. The highest BCUT2D eigenvalue weighted by atomic mass is 32.1. The molecule has 0 radical (unpaired) electrons. The van der Waals surface area contributed by atoms with E-state index in [1.807, 2.05) is 41.8 Å². The van der Waals surface area contributed by atoms with E-state index in [1.54, 1.807) is 29.4 Å². The van der Waals surface area contributed by atoms with Crippen molar-refractivity contribution in [3.8, 4) is 16.4 Å². The molecule has 1 atom stereocenters. The molecule has 1 saturated heterocycles. The van der Waals surface area contributed by atoms with Gasteiger partial charge in [-0.15, -0.1) is 11.3 Å². The predicted octanol–water partition coefficient (Wildman–Crippen LogP) is 3.08. The molecule has 4 rings (SSSR count). The maximum Gasteiger partial charge on any atom is 0.227 e. The molecule has 2 aromatic heterocycles. The van der Waals surface area contributed by atoms with Crippen molar-refractivity contribution in [2.75, 3.05) is 18.6 Å². The maximum absolute atomic E-state index is 12.5. The highest BCUT2D eigenvalue weighted by molar-refractivity contribution is 7.13. The van der Waals surface area contributed by atoms with E-state index in [4.69, 9.17) is 9.26 Å². The lowest BCUT2D eigenvalue weighted by molar-refractivity contribution is -0.126. The number of ether oxygens (including phenoxy) is 1. The minimum atomic E-state index is -0.401. The van der Waals surface area contributed by atoms with Gasteiger partial charge in [-0.1, -0.05) is 17.3 Å². The first kappa shape index (κ1) is 18.2. The number of rotatable bonds is 6. The van der Waals surface area contributed by atoms with E-state index in [0.717, 1.165) is 10.6 Å². The first-order valence-corrected chi connectivity index (χ1v) is 9.73. The van der Waals surface area contributed by atoms with Crippen molar-refractivity contribution in [3.63, 3.8) is 0 Å². The molecule has 3 heterocycles. The van der Waals surface area contributed by atoms with Crippen LogP contribution >= 0.6 is 11.3 Å². The Morgan fingerprint density at radius 3 is 3.04 bits per heavy atom. The first-order chi connectivity index (χ1) is 13.6. The van der Waals surface area contributed by atoms with Crippen LogP contribution in [-0.4, -0.2) is 30.6 Å². The van der Waals surface area contributed by atoms with E-state index in [9.17, 15) is 9.59 Å². The van der Waals surface area contributed by atoms with Gasteiger partial charge in [-0.05, 0) is 23.6 Å². The van der Waals surface area contributed by atoms with Gasteiger partial charge in [-0.2, -0.15) is 0 Å². The molecule has 7 nitrogen and oxygen atoms in total. The number of amides is 2. The van der Waals surface area contributed by atoms with Crippen LogP contribution in [0, 0.1) is 5.92 Å². The van der Waals surface area contributed by atoms with Crippen LogP contribution in [0.2, 0.25) is 0 Å². The molecule has 0 unspecified atom stereocenters. The van der Waals surface area contributed by atoms with E-state index < -0.39 is 5.92 Å². The third-order valence-corrected chi connectivity index (χ3v) is 5.51. The summed E-state index contributed by atoms with van der Waals surface area (Å²) in [7, 11) is 1.58. The molecule has 3 aromatic rings. The van der Waals surface area contributed by atoms with Crippen molar-refractivity contribution in [1.29, 1.82) is 0 Å². The smallest absolute Gasteiger partial charge is 0.227 e. The Bertz CT molecular complexity index is 983. The van der Waals surface area contributed by atoms with Crippen LogP contribution in [-0.2, 0) is 16.1 Å². The average Bonchev–Trinajstić information content (AvgIpc) is 3.46. The second-order valence-corrected chi connectivity index (χ2v) is 7.43. The monoisotopic (exact) mass is 397 g/mol. The molecule has 1 aromatic carbocycles.